The summed E-state index contributed by atoms with van der Waals surface area (Å²) < 4.78 is 14.3. The van der Waals surface area contributed by atoms with Gasteiger partial charge in [-0.05, 0) is 35.9 Å². The van der Waals surface area contributed by atoms with E-state index >= 15 is 0 Å². The Bertz CT molecular complexity index is 616. The fourth-order valence-corrected chi connectivity index (χ4v) is 2.00. The molecule has 0 fully saturated rings. The van der Waals surface area contributed by atoms with E-state index in [0.717, 1.165) is 5.56 Å². The number of hydrogen-bond donors (Lipinski definition) is 2. The summed E-state index contributed by atoms with van der Waals surface area (Å²) in [5.41, 5.74) is 6.92. The summed E-state index contributed by atoms with van der Waals surface area (Å²) in [5.74, 6) is -0.808. The minimum absolute atomic E-state index is 0.333. The molecule has 0 atom stereocenters. The quantitative estimate of drug-likeness (QED) is 0.907. The highest BCUT2D eigenvalue weighted by Crippen LogP contribution is 2.20. The van der Waals surface area contributed by atoms with Crippen molar-refractivity contribution in [3.8, 4) is 0 Å². The van der Waals surface area contributed by atoms with E-state index in [0.29, 0.717) is 22.3 Å². The maximum absolute atomic E-state index is 13.6. The third kappa shape index (κ3) is 3.54. The van der Waals surface area contributed by atoms with Crippen LogP contribution in [0.25, 0.3) is 0 Å². The van der Waals surface area contributed by atoms with Crippen LogP contribution in [0, 0.1) is 5.82 Å². The van der Waals surface area contributed by atoms with Gasteiger partial charge in [-0.1, -0.05) is 28.1 Å². The first-order valence-electron chi connectivity index (χ1n) is 5.64. The van der Waals surface area contributed by atoms with Crippen LogP contribution in [-0.4, -0.2) is 5.91 Å². The highest BCUT2D eigenvalue weighted by atomic mass is 79.9. The van der Waals surface area contributed by atoms with Crippen molar-refractivity contribution >= 4 is 27.5 Å². The van der Waals surface area contributed by atoms with Crippen molar-refractivity contribution in [3.63, 3.8) is 0 Å². The Hall–Kier alpha value is -1.88. The molecule has 3 N–H and O–H groups in total. The maximum atomic E-state index is 13.6. The predicted molar refractivity (Wildman–Crippen MR) is 76.4 cm³/mol. The van der Waals surface area contributed by atoms with Crippen LogP contribution in [0.4, 0.5) is 10.1 Å². The zero-order valence-corrected chi connectivity index (χ0v) is 11.6. The van der Waals surface area contributed by atoms with Crippen LogP contribution in [0.5, 0.6) is 0 Å². The van der Waals surface area contributed by atoms with Gasteiger partial charge in [0.2, 0.25) is 5.91 Å². The van der Waals surface area contributed by atoms with Gasteiger partial charge in [0.15, 0.2) is 0 Å². The van der Waals surface area contributed by atoms with Gasteiger partial charge in [-0.15, -0.1) is 0 Å². The summed E-state index contributed by atoms with van der Waals surface area (Å²) in [6.45, 7) is 0.416. The first kappa shape index (κ1) is 13.5. The summed E-state index contributed by atoms with van der Waals surface area (Å²) in [5, 5.41) is 2.97. The smallest absolute Gasteiger partial charge is 0.248 e. The Kier molecular flexibility index (Phi) is 4.16. The third-order valence-corrected chi connectivity index (χ3v) is 3.12. The molecule has 0 heterocycles. The van der Waals surface area contributed by atoms with E-state index in [1.165, 1.54) is 6.07 Å². The second kappa shape index (κ2) is 5.84. The van der Waals surface area contributed by atoms with E-state index in [9.17, 15) is 9.18 Å². The molecule has 0 aliphatic carbocycles. The van der Waals surface area contributed by atoms with E-state index in [1.54, 1.807) is 30.3 Å². The normalized spacial score (nSPS) is 10.2. The molecule has 5 heteroatoms. The van der Waals surface area contributed by atoms with Gasteiger partial charge in [0.05, 0.1) is 5.69 Å². The van der Waals surface area contributed by atoms with E-state index in [-0.39, 0.29) is 5.82 Å². The summed E-state index contributed by atoms with van der Waals surface area (Å²) in [7, 11) is 0. The van der Waals surface area contributed by atoms with Gasteiger partial charge in [-0.25, -0.2) is 4.39 Å². The van der Waals surface area contributed by atoms with Gasteiger partial charge in [-0.3, -0.25) is 4.79 Å². The van der Waals surface area contributed by atoms with E-state index in [1.807, 2.05) is 6.07 Å². The molecule has 2 rings (SSSR count). The lowest BCUT2D eigenvalue weighted by atomic mass is 10.1. The van der Waals surface area contributed by atoms with Crippen molar-refractivity contribution in [2.24, 2.45) is 5.73 Å². The highest BCUT2D eigenvalue weighted by Gasteiger charge is 2.04. The molecule has 98 valence electrons. The lowest BCUT2D eigenvalue weighted by Gasteiger charge is -2.08. The second-order valence-corrected chi connectivity index (χ2v) is 4.96. The molecule has 19 heavy (non-hydrogen) atoms. The van der Waals surface area contributed by atoms with Crippen molar-refractivity contribution in [2.75, 3.05) is 5.32 Å². The molecule has 2 aromatic carbocycles. The number of nitrogens with two attached hydrogens (primary N) is 1. The van der Waals surface area contributed by atoms with Crippen LogP contribution in [0.3, 0.4) is 0 Å². The van der Waals surface area contributed by atoms with Crippen molar-refractivity contribution in [1.82, 2.24) is 0 Å². The first-order chi connectivity index (χ1) is 9.06. The van der Waals surface area contributed by atoms with E-state index < -0.39 is 5.91 Å². The molecule has 0 aliphatic heterocycles. The number of hydrogen-bond acceptors (Lipinski definition) is 2. The molecule has 0 radical (unpaired) electrons. The Morgan fingerprint density at radius 2 is 2.05 bits per heavy atom. The molecule has 0 spiro atoms. The van der Waals surface area contributed by atoms with Crippen LogP contribution in [0.1, 0.15) is 15.9 Å². The number of nitrogens with one attached hydrogen (secondary N) is 1. The fourth-order valence-electron chi connectivity index (χ4n) is 1.66. The van der Waals surface area contributed by atoms with Crippen LogP contribution >= 0.6 is 15.9 Å². The number of amides is 1. The topological polar surface area (TPSA) is 55.1 Å². The van der Waals surface area contributed by atoms with Gasteiger partial charge in [0, 0.05) is 16.6 Å². The summed E-state index contributed by atoms with van der Waals surface area (Å²) in [6.07, 6.45) is 0. The van der Waals surface area contributed by atoms with Crippen LogP contribution in [0.15, 0.2) is 46.9 Å². The zero-order chi connectivity index (χ0) is 13.8. The standard InChI is InChI=1S/C14H12BrFN2O/c15-11-4-5-13(12(16)7-11)18-8-9-2-1-3-10(6-9)14(17)19/h1-7,18H,8H2,(H2,17,19). The van der Waals surface area contributed by atoms with Crippen molar-refractivity contribution < 1.29 is 9.18 Å². The highest BCUT2D eigenvalue weighted by molar-refractivity contribution is 9.10. The van der Waals surface area contributed by atoms with Crippen LogP contribution in [0.2, 0.25) is 0 Å². The third-order valence-electron chi connectivity index (χ3n) is 2.63. The van der Waals surface area contributed by atoms with Crippen molar-refractivity contribution in [2.45, 2.75) is 6.54 Å². The summed E-state index contributed by atoms with van der Waals surface area (Å²) >= 11 is 3.20. The SMILES string of the molecule is NC(=O)c1cccc(CNc2ccc(Br)cc2F)c1. The average molecular weight is 323 g/mol. The Balaban J connectivity index is 2.10. The zero-order valence-electron chi connectivity index (χ0n) is 9.99. The number of halogens is 2. The number of primary amides is 1. The number of benzene rings is 2. The van der Waals surface area contributed by atoms with E-state index in [4.69, 9.17) is 5.73 Å². The molecular formula is C14H12BrFN2O. The monoisotopic (exact) mass is 322 g/mol. The molecule has 2 aromatic rings. The van der Waals surface area contributed by atoms with Gasteiger partial charge in [0.1, 0.15) is 5.82 Å². The molecule has 0 aromatic heterocycles. The molecule has 3 nitrogen and oxygen atoms in total. The predicted octanol–water partition coefficient (Wildman–Crippen LogP) is 3.30. The lowest BCUT2D eigenvalue weighted by Crippen LogP contribution is -2.11. The number of carbonyl (C=O) groups is 1. The lowest BCUT2D eigenvalue weighted by molar-refractivity contribution is 0.1000. The minimum atomic E-state index is -0.475. The van der Waals surface area contributed by atoms with Crippen molar-refractivity contribution in [1.29, 1.82) is 0 Å². The second-order valence-electron chi connectivity index (χ2n) is 4.04. The Morgan fingerprint density at radius 3 is 2.74 bits per heavy atom. The molecule has 0 saturated carbocycles. The molecule has 0 bridgehead atoms. The molecule has 1 amide bonds. The first-order valence-corrected chi connectivity index (χ1v) is 6.43. The van der Waals surface area contributed by atoms with Gasteiger partial charge < -0.3 is 11.1 Å². The van der Waals surface area contributed by atoms with Gasteiger partial charge in [-0.2, -0.15) is 0 Å². The van der Waals surface area contributed by atoms with E-state index in [2.05, 4.69) is 21.2 Å². The molecular weight excluding hydrogens is 311 g/mol. The number of anilines is 1. The summed E-state index contributed by atoms with van der Waals surface area (Å²) in [4.78, 5) is 11.1. The maximum Gasteiger partial charge on any atom is 0.248 e. The number of rotatable bonds is 4. The minimum Gasteiger partial charge on any atom is -0.379 e. The Morgan fingerprint density at radius 1 is 1.26 bits per heavy atom. The van der Waals surface area contributed by atoms with Crippen LogP contribution < -0.4 is 11.1 Å². The number of carbonyl (C=O) groups excluding carboxylic acids is 1. The summed E-state index contributed by atoms with van der Waals surface area (Å²) in [6, 6.07) is 11.7. The van der Waals surface area contributed by atoms with Crippen molar-refractivity contribution in [3.05, 3.63) is 63.9 Å². The fraction of sp³-hybridized carbons (Fsp3) is 0.0714. The largest absolute Gasteiger partial charge is 0.379 e. The average Bonchev–Trinajstić information content (AvgIpc) is 2.38. The molecule has 0 aliphatic rings. The Labute approximate surface area is 118 Å². The van der Waals surface area contributed by atoms with Gasteiger partial charge >= 0.3 is 0 Å². The van der Waals surface area contributed by atoms with Gasteiger partial charge in [0.25, 0.3) is 0 Å². The van der Waals surface area contributed by atoms with Crippen LogP contribution in [-0.2, 0) is 6.54 Å². The molecule has 0 saturated heterocycles. The molecule has 0 unspecified atom stereocenters.